The number of hydrogen-bond donors (Lipinski definition) is 1. The van der Waals surface area contributed by atoms with E-state index in [9.17, 15) is 9.50 Å². The van der Waals surface area contributed by atoms with Crippen molar-refractivity contribution in [2.75, 3.05) is 18.0 Å². The molecule has 134 valence electrons. The molecule has 0 radical (unpaired) electrons. The molecule has 0 spiro atoms. The van der Waals surface area contributed by atoms with Crippen LogP contribution in [-0.2, 0) is 0 Å². The topological polar surface area (TPSA) is 62.1 Å². The largest absolute Gasteiger partial charge is 0.393 e. The summed E-state index contributed by atoms with van der Waals surface area (Å²) >= 11 is 0. The van der Waals surface area contributed by atoms with Crippen molar-refractivity contribution < 1.29 is 9.50 Å². The molecule has 1 aromatic carbocycles. The summed E-state index contributed by atoms with van der Waals surface area (Å²) in [6.07, 6.45) is 4.00. The fraction of sp³-hybridized carbons (Fsp3) is 0.526. The number of anilines is 1. The number of aliphatic hydroxyl groups excluding tert-OH is 1. The first-order valence-electron chi connectivity index (χ1n) is 8.91. The van der Waals surface area contributed by atoms with Gasteiger partial charge in [-0.3, -0.25) is 0 Å². The fourth-order valence-corrected chi connectivity index (χ4v) is 3.37. The minimum atomic E-state index is -0.294. The molecule has 1 saturated heterocycles. The van der Waals surface area contributed by atoms with Gasteiger partial charge < -0.3 is 10.0 Å². The highest BCUT2D eigenvalue weighted by atomic mass is 19.1. The summed E-state index contributed by atoms with van der Waals surface area (Å²) in [6, 6.07) is 6.33. The molecule has 1 aliphatic rings. The Morgan fingerprint density at radius 2 is 2.04 bits per heavy atom. The summed E-state index contributed by atoms with van der Waals surface area (Å²) < 4.78 is 13.4. The van der Waals surface area contributed by atoms with Crippen LogP contribution in [-0.4, -0.2) is 39.5 Å². The molecule has 0 saturated carbocycles. The van der Waals surface area contributed by atoms with Gasteiger partial charge in [-0.15, -0.1) is 5.10 Å². The summed E-state index contributed by atoms with van der Waals surface area (Å²) in [7, 11) is 0. The Labute approximate surface area is 147 Å². The maximum Gasteiger partial charge on any atom is 0.245 e. The molecular formula is C19H25FN4O. The number of aromatic nitrogens is 3. The van der Waals surface area contributed by atoms with Crippen LogP contribution in [0.5, 0.6) is 0 Å². The van der Waals surface area contributed by atoms with E-state index in [1.54, 1.807) is 12.3 Å². The first-order chi connectivity index (χ1) is 12.0. The monoisotopic (exact) mass is 344 g/mol. The van der Waals surface area contributed by atoms with E-state index in [1.807, 2.05) is 6.07 Å². The van der Waals surface area contributed by atoms with E-state index in [-0.39, 0.29) is 11.9 Å². The lowest BCUT2D eigenvalue weighted by Gasteiger charge is -2.34. The number of nitrogens with zero attached hydrogens (tertiary/aromatic N) is 4. The van der Waals surface area contributed by atoms with Gasteiger partial charge in [-0.2, -0.15) is 5.10 Å². The molecule has 1 atom stereocenters. The zero-order valence-corrected chi connectivity index (χ0v) is 14.8. The van der Waals surface area contributed by atoms with Crippen molar-refractivity contribution >= 4 is 5.95 Å². The number of rotatable bonds is 5. The van der Waals surface area contributed by atoms with Crippen LogP contribution >= 0.6 is 0 Å². The summed E-state index contributed by atoms with van der Waals surface area (Å²) in [5, 5.41) is 18.5. The number of aliphatic hydroxyl groups is 1. The number of hydrogen-bond acceptors (Lipinski definition) is 5. The molecule has 2 aromatic rings. The number of benzene rings is 1. The van der Waals surface area contributed by atoms with Gasteiger partial charge in [-0.25, -0.2) is 9.37 Å². The van der Waals surface area contributed by atoms with Crippen molar-refractivity contribution in [3.8, 4) is 11.3 Å². The van der Waals surface area contributed by atoms with Gasteiger partial charge in [0, 0.05) is 18.7 Å². The first kappa shape index (κ1) is 17.7. The maximum absolute atomic E-state index is 13.4. The van der Waals surface area contributed by atoms with Gasteiger partial charge in [0.1, 0.15) is 5.82 Å². The molecule has 1 aromatic heterocycles. The molecule has 1 N–H and O–H groups in total. The van der Waals surface area contributed by atoms with E-state index in [0.717, 1.165) is 32.4 Å². The molecular weight excluding hydrogens is 319 g/mol. The first-order valence-corrected chi connectivity index (χ1v) is 8.91. The van der Waals surface area contributed by atoms with Gasteiger partial charge in [0.05, 0.1) is 18.0 Å². The van der Waals surface area contributed by atoms with Crippen LogP contribution < -0.4 is 4.90 Å². The van der Waals surface area contributed by atoms with E-state index < -0.39 is 0 Å². The Bertz CT molecular complexity index is 701. The minimum Gasteiger partial charge on any atom is -0.393 e. The highest BCUT2D eigenvalue weighted by Gasteiger charge is 2.27. The lowest BCUT2D eigenvalue weighted by Crippen LogP contribution is -2.39. The highest BCUT2D eigenvalue weighted by molar-refractivity contribution is 5.59. The van der Waals surface area contributed by atoms with E-state index in [2.05, 4.69) is 33.9 Å². The summed E-state index contributed by atoms with van der Waals surface area (Å²) in [6.45, 7) is 5.87. The van der Waals surface area contributed by atoms with Crippen LogP contribution in [0.25, 0.3) is 11.3 Å². The molecule has 0 amide bonds. The van der Waals surface area contributed by atoms with Crippen molar-refractivity contribution in [3.05, 3.63) is 36.3 Å². The Morgan fingerprint density at radius 3 is 2.72 bits per heavy atom. The Morgan fingerprint density at radius 1 is 1.28 bits per heavy atom. The standard InChI is InChI=1S/C19H25FN4O/c1-13(2)10-18(25)14-6-8-24(9-7-14)19-22-17(12-21-23-19)15-4-3-5-16(20)11-15/h3-5,11-14,18,25H,6-10H2,1-2H3. The second-order valence-corrected chi connectivity index (χ2v) is 7.17. The van der Waals surface area contributed by atoms with E-state index >= 15 is 0 Å². The Kier molecular flexibility index (Phi) is 5.58. The lowest BCUT2D eigenvalue weighted by atomic mass is 9.87. The second kappa shape index (κ2) is 7.87. The van der Waals surface area contributed by atoms with Gasteiger partial charge in [-0.1, -0.05) is 26.0 Å². The summed E-state index contributed by atoms with van der Waals surface area (Å²) in [5.74, 6) is 1.11. The molecule has 1 aliphatic heterocycles. The molecule has 0 bridgehead atoms. The van der Waals surface area contributed by atoms with Crippen molar-refractivity contribution in [3.63, 3.8) is 0 Å². The predicted molar refractivity (Wildman–Crippen MR) is 95.6 cm³/mol. The Hall–Kier alpha value is -2.08. The third-order valence-corrected chi connectivity index (χ3v) is 4.75. The third-order valence-electron chi connectivity index (χ3n) is 4.75. The molecule has 1 unspecified atom stereocenters. The maximum atomic E-state index is 13.4. The average Bonchev–Trinajstić information content (AvgIpc) is 2.61. The van der Waals surface area contributed by atoms with Gasteiger partial charge in [0.2, 0.25) is 5.95 Å². The van der Waals surface area contributed by atoms with Crippen molar-refractivity contribution in [2.24, 2.45) is 11.8 Å². The fourth-order valence-electron chi connectivity index (χ4n) is 3.37. The van der Waals surface area contributed by atoms with Crippen LogP contribution in [0.3, 0.4) is 0 Å². The molecule has 2 heterocycles. The third kappa shape index (κ3) is 4.51. The smallest absolute Gasteiger partial charge is 0.245 e. The van der Waals surface area contributed by atoms with Gasteiger partial charge >= 0.3 is 0 Å². The van der Waals surface area contributed by atoms with E-state index in [1.165, 1.54) is 12.1 Å². The van der Waals surface area contributed by atoms with E-state index in [0.29, 0.717) is 29.0 Å². The average molecular weight is 344 g/mol. The highest BCUT2D eigenvalue weighted by Crippen LogP contribution is 2.27. The molecule has 3 rings (SSSR count). The number of piperidine rings is 1. The number of halogens is 1. The van der Waals surface area contributed by atoms with Crippen molar-refractivity contribution in [1.82, 2.24) is 15.2 Å². The van der Waals surface area contributed by atoms with Crippen LogP contribution in [0, 0.1) is 17.7 Å². The van der Waals surface area contributed by atoms with Gasteiger partial charge in [-0.05, 0) is 43.2 Å². The lowest BCUT2D eigenvalue weighted by molar-refractivity contribution is 0.0733. The van der Waals surface area contributed by atoms with Crippen molar-refractivity contribution in [2.45, 2.75) is 39.2 Å². The van der Waals surface area contributed by atoms with Gasteiger partial charge in [0.15, 0.2) is 0 Å². The van der Waals surface area contributed by atoms with Crippen molar-refractivity contribution in [1.29, 1.82) is 0 Å². The minimum absolute atomic E-state index is 0.236. The second-order valence-electron chi connectivity index (χ2n) is 7.17. The predicted octanol–water partition coefficient (Wildman–Crippen LogP) is 3.30. The summed E-state index contributed by atoms with van der Waals surface area (Å²) in [4.78, 5) is 6.64. The normalized spacial score (nSPS) is 17.1. The summed E-state index contributed by atoms with van der Waals surface area (Å²) in [5.41, 5.74) is 1.31. The van der Waals surface area contributed by atoms with E-state index in [4.69, 9.17) is 0 Å². The van der Waals surface area contributed by atoms with Crippen LogP contribution in [0.15, 0.2) is 30.5 Å². The van der Waals surface area contributed by atoms with Gasteiger partial charge in [0.25, 0.3) is 0 Å². The van der Waals surface area contributed by atoms with Crippen LogP contribution in [0.1, 0.15) is 33.1 Å². The zero-order valence-electron chi connectivity index (χ0n) is 14.8. The molecule has 5 nitrogen and oxygen atoms in total. The SMILES string of the molecule is CC(C)CC(O)C1CCN(c2nncc(-c3cccc(F)c3)n2)CC1. The molecule has 25 heavy (non-hydrogen) atoms. The molecule has 1 fully saturated rings. The molecule has 6 heteroatoms. The van der Waals surface area contributed by atoms with Crippen LogP contribution in [0.2, 0.25) is 0 Å². The van der Waals surface area contributed by atoms with Crippen LogP contribution in [0.4, 0.5) is 10.3 Å². The molecule has 0 aliphatic carbocycles. The quantitative estimate of drug-likeness (QED) is 0.902. The Balaban J connectivity index is 1.67. The zero-order chi connectivity index (χ0) is 17.8.